The van der Waals surface area contributed by atoms with E-state index in [-0.39, 0.29) is 18.1 Å². The minimum absolute atomic E-state index is 0.0305. The lowest BCUT2D eigenvalue weighted by Gasteiger charge is -1.95. The normalized spacial score (nSPS) is 10.0. The first-order chi connectivity index (χ1) is 6.83. The molecule has 0 atom stereocenters. The summed E-state index contributed by atoms with van der Waals surface area (Å²) < 4.78 is 0. The third-order valence-electron chi connectivity index (χ3n) is 1.40. The number of tetrazole rings is 1. The van der Waals surface area contributed by atoms with Crippen LogP contribution in [-0.4, -0.2) is 38.0 Å². The van der Waals surface area contributed by atoms with Crippen LogP contribution in [0.15, 0.2) is 5.18 Å². The van der Waals surface area contributed by atoms with Crippen molar-refractivity contribution in [2.75, 3.05) is 12.3 Å². The van der Waals surface area contributed by atoms with Gasteiger partial charge in [-0.05, 0) is 10.4 Å². The third kappa shape index (κ3) is 4.08. The second-order valence-electron chi connectivity index (χ2n) is 2.42. The zero-order valence-electron chi connectivity index (χ0n) is 7.34. The Morgan fingerprint density at radius 3 is 3.07 bits per heavy atom. The van der Waals surface area contributed by atoms with Gasteiger partial charge in [-0.25, -0.2) is 5.10 Å². The van der Waals surface area contributed by atoms with Crippen molar-refractivity contribution in [3.8, 4) is 0 Å². The molecule has 1 rings (SSSR count). The maximum Gasteiger partial charge on any atom is 0.190 e. The number of carbonyl (C=O) groups excluding carboxylic acids is 1. The lowest BCUT2D eigenvalue weighted by atomic mass is 10.5. The summed E-state index contributed by atoms with van der Waals surface area (Å²) in [5.41, 5.74) is 0. The molecule has 0 aliphatic rings. The van der Waals surface area contributed by atoms with Gasteiger partial charge in [-0.2, -0.15) is 4.91 Å². The van der Waals surface area contributed by atoms with Crippen molar-refractivity contribution in [2.45, 2.75) is 12.8 Å². The molecule has 0 spiro atoms. The molecular weight excluding hydrogens is 206 g/mol. The molecule has 0 saturated carbocycles. The van der Waals surface area contributed by atoms with Crippen molar-refractivity contribution in [2.24, 2.45) is 5.18 Å². The van der Waals surface area contributed by atoms with E-state index in [9.17, 15) is 9.70 Å². The highest BCUT2D eigenvalue weighted by molar-refractivity contribution is 8.13. The Balaban J connectivity index is 2.09. The number of hydrogen-bond acceptors (Lipinski definition) is 7. The maximum absolute atomic E-state index is 11.0. The first-order valence-corrected chi connectivity index (χ1v) is 4.99. The number of aryl methyl sites for hydroxylation is 1. The van der Waals surface area contributed by atoms with Crippen molar-refractivity contribution in [3.05, 3.63) is 10.7 Å². The van der Waals surface area contributed by atoms with Gasteiger partial charge in [0.2, 0.25) is 0 Å². The van der Waals surface area contributed by atoms with E-state index in [1.54, 1.807) is 0 Å². The van der Waals surface area contributed by atoms with Crippen LogP contribution in [0.4, 0.5) is 0 Å². The average molecular weight is 215 g/mol. The fourth-order valence-corrected chi connectivity index (χ4v) is 1.51. The fourth-order valence-electron chi connectivity index (χ4n) is 0.755. The summed E-state index contributed by atoms with van der Waals surface area (Å²) in [7, 11) is 0. The minimum atomic E-state index is -0.0305. The fraction of sp³-hybridized carbons (Fsp3) is 0.667. The zero-order chi connectivity index (χ0) is 10.2. The lowest BCUT2D eigenvalue weighted by Crippen LogP contribution is -1.98. The number of thioether (sulfide) groups is 1. The third-order valence-corrected chi connectivity index (χ3v) is 2.33. The van der Waals surface area contributed by atoms with Gasteiger partial charge in [-0.1, -0.05) is 16.9 Å². The molecule has 7 nitrogen and oxygen atoms in total. The summed E-state index contributed by atoms with van der Waals surface area (Å²) in [4.78, 5) is 20.8. The van der Waals surface area contributed by atoms with E-state index in [1.807, 2.05) is 0 Å². The Labute approximate surface area is 84.0 Å². The number of rotatable bonds is 6. The Morgan fingerprint density at radius 1 is 1.57 bits per heavy atom. The molecule has 1 aromatic rings. The number of hydrogen-bond donors (Lipinski definition) is 1. The number of nitrogens with one attached hydrogen (secondary N) is 1. The van der Waals surface area contributed by atoms with Gasteiger partial charge in [0, 0.05) is 18.6 Å². The summed E-state index contributed by atoms with van der Waals surface area (Å²) in [6.07, 6.45) is 0.806. The lowest BCUT2D eigenvalue weighted by molar-refractivity contribution is -0.110. The molecule has 0 amide bonds. The number of aromatic amines is 1. The summed E-state index contributed by atoms with van der Waals surface area (Å²) >= 11 is 1.16. The van der Waals surface area contributed by atoms with Crippen molar-refractivity contribution < 1.29 is 4.79 Å². The Kier molecular flexibility index (Phi) is 4.76. The van der Waals surface area contributed by atoms with E-state index in [0.717, 1.165) is 11.8 Å². The summed E-state index contributed by atoms with van der Waals surface area (Å²) in [5, 5.41) is 15.6. The quantitative estimate of drug-likeness (QED) is 0.678. The van der Waals surface area contributed by atoms with Gasteiger partial charge in [0.05, 0.1) is 6.54 Å². The SMILES string of the molecule is O=NCCC(=O)SCCc1nnn[nH]1. The maximum atomic E-state index is 11.0. The molecular formula is C6H9N5O2S. The molecule has 0 aliphatic carbocycles. The second-order valence-corrected chi connectivity index (χ2v) is 3.57. The van der Waals surface area contributed by atoms with Gasteiger partial charge in [-0.15, -0.1) is 5.10 Å². The number of aromatic nitrogens is 4. The zero-order valence-corrected chi connectivity index (χ0v) is 8.16. The summed E-state index contributed by atoms with van der Waals surface area (Å²) in [6, 6.07) is 0. The molecule has 14 heavy (non-hydrogen) atoms. The molecule has 8 heteroatoms. The highest BCUT2D eigenvalue weighted by Gasteiger charge is 2.03. The second kappa shape index (κ2) is 6.19. The van der Waals surface area contributed by atoms with E-state index in [4.69, 9.17) is 0 Å². The van der Waals surface area contributed by atoms with Crippen molar-refractivity contribution in [1.29, 1.82) is 0 Å². The highest BCUT2D eigenvalue weighted by atomic mass is 32.2. The number of nitroso groups, excluding NO2 is 1. The predicted molar refractivity (Wildman–Crippen MR) is 50.6 cm³/mol. The Morgan fingerprint density at radius 2 is 2.43 bits per heavy atom. The van der Waals surface area contributed by atoms with Crippen LogP contribution >= 0.6 is 11.8 Å². The van der Waals surface area contributed by atoms with Crippen molar-refractivity contribution in [1.82, 2.24) is 20.6 Å². The van der Waals surface area contributed by atoms with E-state index in [2.05, 4.69) is 25.8 Å². The summed E-state index contributed by atoms with van der Waals surface area (Å²) in [6.45, 7) is 0.0513. The van der Waals surface area contributed by atoms with Crippen LogP contribution in [0.5, 0.6) is 0 Å². The van der Waals surface area contributed by atoms with Crippen LogP contribution in [0, 0.1) is 4.91 Å². The van der Waals surface area contributed by atoms with Crippen molar-refractivity contribution in [3.63, 3.8) is 0 Å². The average Bonchev–Trinajstić information content (AvgIpc) is 2.67. The van der Waals surface area contributed by atoms with E-state index in [0.29, 0.717) is 18.0 Å². The van der Waals surface area contributed by atoms with Crippen LogP contribution in [0.2, 0.25) is 0 Å². The molecule has 0 unspecified atom stereocenters. The molecule has 0 aliphatic heterocycles. The minimum Gasteiger partial charge on any atom is -0.287 e. The Hall–Kier alpha value is -1.31. The van der Waals surface area contributed by atoms with Crippen LogP contribution in [0.3, 0.4) is 0 Å². The van der Waals surface area contributed by atoms with Crippen molar-refractivity contribution >= 4 is 16.9 Å². The monoisotopic (exact) mass is 215 g/mol. The number of carbonyl (C=O) groups is 1. The molecule has 0 aromatic carbocycles. The van der Waals surface area contributed by atoms with E-state index >= 15 is 0 Å². The van der Waals surface area contributed by atoms with Gasteiger partial charge in [0.1, 0.15) is 5.82 Å². The molecule has 0 bridgehead atoms. The molecule has 0 saturated heterocycles. The topological polar surface area (TPSA) is 101 Å². The molecule has 1 heterocycles. The van der Waals surface area contributed by atoms with Gasteiger partial charge < -0.3 is 0 Å². The van der Waals surface area contributed by atoms with E-state index in [1.165, 1.54) is 0 Å². The first kappa shape index (κ1) is 10.8. The largest absolute Gasteiger partial charge is 0.287 e. The van der Waals surface area contributed by atoms with Crippen LogP contribution < -0.4 is 0 Å². The molecule has 76 valence electrons. The molecule has 0 fully saturated rings. The van der Waals surface area contributed by atoms with Crippen LogP contribution in [0.1, 0.15) is 12.2 Å². The Bertz CT molecular complexity index is 288. The standard InChI is InChI=1S/C6H9N5O2S/c12-6(1-3-7-13)14-4-2-5-8-10-11-9-5/h1-4H2,(H,8,9,10,11). The van der Waals surface area contributed by atoms with Gasteiger partial charge in [0.15, 0.2) is 5.12 Å². The molecule has 1 aromatic heterocycles. The van der Waals surface area contributed by atoms with Gasteiger partial charge in [0.25, 0.3) is 0 Å². The summed E-state index contributed by atoms with van der Waals surface area (Å²) in [5.74, 6) is 1.26. The predicted octanol–water partition coefficient (Wildman–Crippen LogP) is 0.158. The van der Waals surface area contributed by atoms with Gasteiger partial charge in [-0.3, -0.25) is 4.79 Å². The van der Waals surface area contributed by atoms with E-state index < -0.39 is 0 Å². The smallest absolute Gasteiger partial charge is 0.190 e. The van der Waals surface area contributed by atoms with Gasteiger partial charge >= 0.3 is 0 Å². The molecule has 1 N–H and O–H groups in total. The highest BCUT2D eigenvalue weighted by Crippen LogP contribution is 2.07. The number of H-pyrrole nitrogens is 1. The van der Waals surface area contributed by atoms with Crippen LogP contribution in [0.25, 0.3) is 0 Å². The first-order valence-electron chi connectivity index (χ1n) is 4.00. The number of nitrogens with zero attached hydrogens (tertiary/aromatic N) is 4. The molecule has 0 radical (unpaired) electrons. The van der Waals surface area contributed by atoms with Crippen LogP contribution in [-0.2, 0) is 11.2 Å².